The maximum Gasteiger partial charge on any atom is 0.309 e. The molecular formula is C19H19NO4. The third-order valence-corrected chi connectivity index (χ3v) is 6.75. The Labute approximate surface area is 139 Å². The molecule has 4 bridgehead atoms. The summed E-state index contributed by atoms with van der Waals surface area (Å²) in [5.74, 6) is -0.605. The predicted molar refractivity (Wildman–Crippen MR) is 84.4 cm³/mol. The average molecular weight is 325 g/mol. The average Bonchev–Trinajstić information content (AvgIpc) is 2.78. The molecule has 1 aromatic rings. The third kappa shape index (κ3) is 1.57. The molecule has 4 fully saturated rings. The maximum atomic E-state index is 13.0. The van der Waals surface area contributed by atoms with E-state index < -0.39 is 16.9 Å². The van der Waals surface area contributed by atoms with Crippen LogP contribution in [0.25, 0.3) is 0 Å². The molecule has 6 rings (SSSR count). The van der Waals surface area contributed by atoms with Gasteiger partial charge in [-0.3, -0.25) is 19.3 Å². The van der Waals surface area contributed by atoms with Gasteiger partial charge >= 0.3 is 5.97 Å². The fraction of sp³-hybridized carbons (Fsp3) is 0.526. The fourth-order valence-electron chi connectivity index (χ4n) is 6.35. The number of benzene rings is 1. The lowest BCUT2D eigenvalue weighted by atomic mass is 9.46. The lowest BCUT2D eigenvalue weighted by molar-refractivity contribution is -0.173. The molecule has 0 saturated heterocycles. The Morgan fingerprint density at radius 2 is 1.54 bits per heavy atom. The zero-order valence-corrected chi connectivity index (χ0v) is 13.3. The molecule has 5 aliphatic rings. The second-order valence-corrected chi connectivity index (χ2v) is 8.26. The van der Waals surface area contributed by atoms with Crippen molar-refractivity contribution in [1.29, 1.82) is 0 Å². The second kappa shape index (κ2) is 4.26. The molecule has 2 atom stereocenters. The molecule has 5 heteroatoms. The van der Waals surface area contributed by atoms with E-state index in [-0.39, 0.29) is 11.8 Å². The molecule has 4 saturated carbocycles. The van der Waals surface area contributed by atoms with Gasteiger partial charge in [-0.1, -0.05) is 12.1 Å². The lowest BCUT2D eigenvalue weighted by Crippen LogP contribution is -2.65. The number of hydrogen-bond acceptors (Lipinski definition) is 3. The predicted octanol–water partition coefficient (Wildman–Crippen LogP) is 2.71. The number of rotatable bonds is 2. The Morgan fingerprint density at radius 3 is 2.04 bits per heavy atom. The molecule has 0 radical (unpaired) electrons. The molecule has 124 valence electrons. The highest BCUT2D eigenvalue weighted by molar-refractivity contribution is 6.21. The van der Waals surface area contributed by atoms with Crippen molar-refractivity contribution in [2.75, 3.05) is 0 Å². The van der Waals surface area contributed by atoms with Crippen molar-refractivity contribution in [3.05, 3.63) is 35.4 Å². The van der Waals surface area contributed by atoms with Crippen molar-refractivity contribution in [3.63, 3.8) is 0 Å². The van der Waals surface area contributed by atoms with E-state index in [1.54, 1.807) is 24.3 Å². The summed E-state index contributed by atoms with van der Waals surface area (Å²) in [5, 5.41) is 9.85. The van der Waals surface area contributed by atoms with Gasteiger partial charge in [0.15, 0.2) is 0 Å². The number of hydrogen-bond donors (Lipinski definition) is 1. The first-order chi connectivity index (χ1) is 11.4. The van der Waals surface area contributed by atoms with Gasteiger partial charge in [0.1, 0.15) is 0 Å². The van der Waals surface area contributed by atoms with Gasteiger partial charge in [-0.2, -0.15) is 0 Å². The highest BCUT2D eigenvalue weighted by Crippen LogP contribution is 2.64. The summed E-state index contributed by atoms with van der Waals surface area (Å²) in [6.45, 7) is 0. The Morgan fingerprint density at radius 1 is 1.00 bits per heavy atom. The molecule has 4 aliphatic carbocycles. The molecule has 1 aromatic carbocycles. The van der Waals surface area contributed by atoms with Gasteiger partial charge in [0, 0.05) is 0 Å². The summed E-state index contributed by atoms with van der Waals surface area (Å²) in [6.07, 6.45) is 4.40. The number of nitrogens with zero attached hydrogens (tertiary/aromatic N) is 1. The Bertz CT molecular complexity index is 749. The van der Waals surface area contributed by atoms with E-state index in [9.17, 15) is 19.5 Å². The normalized spacial score (nSPS) is 39.4. The van der Waals surface area contributed by atoms with Crippen LogP contribution in [0.2, 0.25) is 0 Å². The molecule has 5 nitrogen and oxygen atoms in total. The van der Waals surface area contributed by atoms with Gasteiger partial charge in [0.25, 0.3) is 11.8 Å². The first-order valence-corrected chi connectivity index (χ1v) is 8.65. The number of fused-ring (bicyclic) bond motifs is 1. The standard InChI is InChI=1S/C19H19NO4/c21-15-13-3-1-2-4-14(13)16(22)20(15)19-8-11-5-12(9-19)7-18(6-11,10-19)17(23)24/h1-4,11-12H,5-10H2,(H,23,24). The van der Waals surface area contributed by atoms with Gasteiger partial charge in [-0.25, -0.2) is 0 Å². The highest BCUT2D eigenvalue weighted by Gasteiger charge is 2.65. The van der Waals surface area contributed by atoms with Gasteiger partial charge < -0.3 is 5.11 Å². The van der Waals surface area contributed by atoms with Crippen molar-refractivity contribution in [3.8, 4) is 0 Å². The van der Waals surface area contributed by atoms with E-state index in [0.717, 1.165) is 19.3 Å². The fourth-order valence-corrected chi connectivity index (χ4v) is 6.35. The summed E-state index contributed by atoms with van der Waals surface area (Å²) < 4.78 is 0. The van der Waals surface area contributed by atoms with E-state index in [4.69, 9.17) is 0 Å². The van der Waals surface area contributed by atoms with Crippen LogP contribution in [0.3, 0.4) is 0 Å². The van der Waals surface area contributed by atoms with Crippen LogP contribution in [0.5, 0.6) is 0 Å². The highest BCUT2D eigenvalue weighted by atomic mass is 16.4. The van der Waals surface area contributed by atoms with E-state index >= 15 is 0 Å². The Hall–Kier alpha value is -2.17. The first-order valence-electron chi connectivity index (χ1n) is 8.65. The van der Waals surface area contributed by atoms with Crippen molar-refractivity contribution < 1.29 is 19.5 Å². The van der Waals surface area contributed by atoms with Crippen molar-refractivity contribution in [2.45, 2.75) is 44.1 Å². The number of carbonyl (C=O) groups excluding carboxylic acids is 2. The van der Waals surface area contributed by atoms with Crippen LogP contribution in [-0.4, -0.2) is 33.3 Å². The minimum absolute atomic E-state index is 0.238. The molecular weight excluding hydrogens is 306 g/mol. The second-order valence-electron chi connectivity index (χ2n) is 8.26. The van der Waals surface area contributed by atoms with Crippen LogP contribution >= 0.6 is 0 Å². The number of carboxylic acids is 1. The quantitative estimate of drug-likeness (QED) is 0.848. The maximum absolute atomic E-state index is 13.0. The summed E-state index contributed by atoms with van der Waals surface area (Å²) >= 11 is 0. The summed E-state index contributed by atoms with van der Waals surface area (Å²) in [4.78, 5) is 39.3. The van der Waals surface area contributed by atoms with E-state index in [1.165, 1.54) is 4.90 Å². The smallest absolute Gasteiger partial charge is 0.309 e. The van der Waals surface area contributed by atoms with Crippen LogP contribution in [0, 0.1) is 17.3 Å². The monoisotopic (exact) mass is 325 g/mol. The lowest BCUT2D eigenvalue weighted by Gasteiger charge is -2.62. The molecule has 1 heterocycles. The molecule has 0 aromatic heterocycles. The van der Waals surface area contributed by atoms with Crippen molar-refractivity contribution in [1.82, 2.24) is 4.90 Å². The number of carbonyl (C=O) groups is 3. The number of carboxylic acid groups (broad SMARTS) is 1. The number of imide groups is 1. The topological polar surface area (TPSA) is 74.7 Å². The van der Waals surface area contributed by atoms with Crippen molar-refractivity contribution in [2.24, 2.45) is 17.3 Å². The van der Waals surface area contributed by atoms with Crippen LogP contribution in [-0.2, 0) is 4.79 Å². The minimum Gasteiger partial charge on any atom is -0.481 e. The largest absolute Gasteiger partial charge is 0.481 e. The number of aliphatic carboxylic acids is 1. The van der Waals surface area contributed by atoms with Crippen LogP contribution in [0.1, 0.15) is 59.2 Å². The molecule has 0 spiro atoms. The molecule has 2 amide bonds. The van der Waals surface area contributed by atoms with Crippen molar-refractivity contribution >= 4 is 17.8 Å². The summed E-state index contributed by atoms with van der Waals surface area (Å²) in [6, 6.07) is 6.93. The van der Waals surface area contributed by atoms with E-state index in [1.807, 2.05) is 0 Å². The van der Waals surface area contributed by atoms with Gasteiger partial charge in [-0.15, -0.1) is 0 Å². The van der Waals surface area contributed by atoms with E-state index in [2.05, 4.69) is 0 Å². The summed E-state index contributed by atoms with van der Waals surface area (Å²) in [7, 11) is 0. The van der Waals surface area contributed by atoms with Gasteiger partial charge in [0.2, 0.25) is 0 Å². The molecule has 24 heavy (non-hydrogen) atoms. The molecule has 1 aliphatic heterocycles. The van der Waals surface area contributed by atoms with Gasteiger partial charge in [-0.05, 0) is 62.5 Å². The molecule has 2 unspecified atom stereocenters. The first kappa shape index (κ1) is 14.2. The Kier molecular flexibility index (Phi) is 2.52. The van der Waals surface area contributed by atoms with Crippen LogP contribution < -0.4 is 0 Å². The Balaban J connectivity index is 1.61. The molecule has 1 N–H and O–H groups in total. The van der Waals surface area contributed by atoms with Crippen LogP contribution in [0.4, 0.5) is 0 Å². The zero-order chi connectivity index (χ0) is 16.7. The number of amides is 2. The van der Waals surface area contributed by atoms with E-state index in [0.29, 0.717) is 42.2 Å². The SMILES string of the molecule is O=C1c2ccccc2C(=O)N1C12CC3CC(CC(C(=O)O)(C3)C1)C2. The minimum atomic E-state index is -0.752. The third-order valence-electron chi connectivity index (χ3n) is 6.75. The summed E-state index contributed by atoms with van der Waals surface area (Å²) in [5.41, 5.74) is -0.431. The van der Waals surface area contributed by atoms with Gasteiger partial charge in [0.05, 0.1) is 22.1 Å². The van der Waals surface area contributed by atoms with Crippen LogP contribution in [0.15, 0.2) is 24.3 Å². The zero-order valence-electron chi connectivity index (χ0n) is 13.3.